The van der Waals surface area contributed by atoms with Crippen LogP contribution >= 0.6 is 0 Å². The van der Waals surface area contributed by atoms with Crippen LogP contribution in [0.4, 0.5) is 11.4 Å². The van der Waals surface area contributed by atoms with Crippen LogP contribution in [-0.2, 0) is 0 Å². The van der Waals surface area contributed by atoms with Crippen molar-refractivity contribution in [1.29, 1.82) is 0 Å². The second-order valence-corrected chi connectivity index (χ2v) is 4.68. The first-order chi connectivity index (χ1) is 9.52. The summed E-state index contributed by atoms with van der Waals surface area (Å²) in [5, 5.41) is 2.87. The van der Waals surface area contributed by atoms with Crippen LogP contribution in [0.15, 0.2) is 36.4 Å². The number of methoxy groups -OCH3 is 1. The Morgan fingerprint density at radius 1 is 1.20 bits per heavy atom. The summed E-state index contributed by atoms with van der Waals surface area (Å²) in [5.74, 6) is 0.342. The molecular weight excluding hydrogens is 252 g/mol. The maximum Gasteiger partial charge on any atom is 0.259 e. The number of amides is 1. The van der Waals surface area contributed by atoms with Gasteiger partial charge in [-0.2, -0.15) is 0 Å². The van der Waals surface area contributed by atoms with Gasteiger partial charge < -0.3 is 15.8 Å². The van der Waals surface area contributed by atoms with E-state index in [1.165, 1.54) is 0 Å². The lowest BCUT2D eigenvalue weighted by Gasteiger charge is -2.12. The first-order valence-electron chi connectivity index (χ1n) is 6.34. The Balaban J connectivity index is 2.33. The molecule has 3 N–H and O–H groups in total. The zero-order valence-corrected chi connectivity index (χ0v) is 11.9. The Morgan fingerprint density at radius 3 is 2.65 bits per heavy atom. The van der Waals surface area contributed by atoms with Crippen molar-refractivity contribution in [2.24, 2.45) is 0 Å². The molecule has 2 rings (SSSR count). The molecule has 0 radical (unpaired) electrons. The van der Waals surface area contributed by atoms with Gasteiger partial charge in [-0.3, -0.25) is 4.79 Å². The molecule has 0 bridgehead atoms. The number of rotatable bonds is 3. The standard InChI is InChI=1S/C16H18N2O2/c1-10-7-8-15(20-3)12(9-10)16(19)18-14-6-4-5-13(17)11(14)2/h4-9H,17H2,1-3H3,(H,18,19). The van der Waals surface area contributed by atoms with Gasteiger partial charge in [0.2, 0.25) is 0 Å². The molecule has 0 heterocycles. The molecule has 0 atom stereocenters. The number of anilines is 2. The van der Waals surface area contributed by atoms with Crippen LogP contribution in [-0.4, -0.2) is 13.0 Å². The second-order valence-electron chi connectivity index (χ2n) is 4.68. The number of hydrogen-bond donors (Lipinski definition) is 2. The minimum Gasteiger partial charge on any atom is -0.496 e. The number of carbonyl (C=O) groups excluding carboxylic acids is 1. The average Bonchev–Trinajstić information content (AvgIpc) is 2.43. The van der Waals surface area contributed by atoms with E-state index >= 15 is 0 Å². The first-order valence-corrected chi connectivity index (χ1v) is 6.34. The molecule has 20 heavy (non-hydrogen) atoms. The van der Waals surface area contributed by atoms with Crippen LogP contribution in [0, 0.1) is 13.8 Å². The molecule has 0 saturated heterocycles. The van der Waals surface area contributed by atoms with Crippen molar-refractivity contribution in [2.45, 2.75) is 13.8 Å². The van der Waals surface area contributed by atoms with Crippen LogP contribution in [0.2, 0.25) is 0 Å². The Morgan fingerprint density at radius 2 is 1.95 bits per heavy atom. The molecule has 1 amide bonds. The molecule has 2 aromatic carbocycles. The average molecular weight is 270 g/mol. The molecule has 2 aromatic rings. The SMILES string of the molecule is COc1ccc(C)cc1C(=O)Nc1cccc(N)c1C. The van der Waals surface area contributed by atoms with Crippen molar-refractivity contribution in [1.82, 2.24) is 0 Å². The predicted octanol–water partition coefficient (Wildman–Crippen LogP) is 3.15. The van der Waals surface area contributed by atoms with E-state index in [4.69, 9.17) is 10.5 Å². The highest BCUT2D eigenvalue weighted by atomic mass is 16.5. The fourth-order valence-electron chi connectivity index (χ4n) is 1.98. The molecule has 0 aliphatic carbocycles. The fourth-order valence-corrected chi connectivity index (χ4v) is 1.98. The molecule has 0 spiro atoms. The van der Waals surface area contributed by atoms with Crippen LogP contribution in [0.1, 0.15) is 21.5 Å². The quantitative estimate of drug-likeness (QED) is 0.842. The van der Waals surface area contributed by atoms with Gasteiger partial charge in [0.15, 0.2) is 0 Å². The Kier molecular flexibility index (Phi) is 3.94. The summed E-state index contributed by atoms with van der Waals surface area (Å²) < 4.78 is 5.23. The van der Waals surface area contributed by atoms with Crippen LogP contribution in [0.25, 0.3) is 0 Å². The predicted molar refractivity (Wildman–Crippen MR) is 81.3 cm³/mol. The van der Waals surface area contributed by atoms with E-state index in [0.29, 0.717) is 22.7 Å². The van der Waals surface area contributed by atoms with Crippen LogP contribution in [0.5, 0.6) is 5.75 Å². The molecule has 104 valence electrons. The number of benzene rings is 2. The van der Waals surface area contributed by atoms with Crippen molar-refractivity contribution >= 4 is 17.3 Å². The van der Waals surface area contributed by atoms with Gasteiger partial charge in [0.1, 0.15) is 5.75 Å². The number of nitrogens with two attached hydrogens (primary N) is 1. The molecule has 4 nitrogen and oxygen atoms in total. The summed E-state index contributed by atoms with van der Waals surface area (Å²) >= 11 is 0. The van der Waals surface area contributed by atoms with E-state index in [9.17, 15) is 4.79 Å². The lowest BCUT2D eigenvalue weighted by molar-refractivity contribution is 0.102. The molecular formula is C16H18N2O2. The number of ether oxygens (including phenoxy) is 1. The normalized spacial score (nSPS) is 10.2. The third-order valence-corrected chi connectivity index (χ3v) is 3.22. The Hall–Kier alpha value is -2.49. The second kappa shape index (κ2) is 5.65. The monoisotopic (exact) mass is 270 g/mol. The molecule has 0 aliphatic rings. The smallest absolute Gasteiger partial charge is 0.259 e. The Labute approximate surface area is 118 Å². The maximum absolute atomic E-state index is 12.4. The third kappa shape index (κ3) is 2.74. The van der Waals surface area contributed by atoms with Gasteiger partial charge in [-0.1, -0.05) is 17.7 Å². The number of aryl methyl sites for hydroxylation is 1. The van der Waals surface area contributed by atoms with Gasteiger partial charge in [-0.15, -0.1) is 0 Å². The lowest BCUT2D eigenvalue weighted by atomic mass is 10.1. The third-order valence-electron chi connectivity index (χ3n) is 3.22. The zero-order valence-electron chi connectivity index (χ0n) is 11.9. The van der Waals surface area contributed by atoms with E-state index in [-0.39, 0.29) is 5.91 Å². The zero-order chi connectivity index (χ0) is 14.7. The van der Waals surface area contributed by atoms with Gasteiger partial charge in [0.05, 0.1) is 12.7 Å². The first kappa shape index (κ1) is 13.9. The highest BCUT2D eigenvalue weighted by Crippen LogP contribution is 2.24. The van der Waals surface area contributed by atoms with Crippen molar-refractivity contribution < 1.29 is 9.53 Å². The minimum absolute atomic E-state index is 0.209. The van der Waals surface area contributed by atoms with Crippen molar-refractivity contribution in [2.75, 3.05) is 18.2 Å². The summed E-state index contributed by atoms with van der Waals surface area (Å²) in [4.78, 5) is 12.4. The fraction of sp³-hybridized carbons (Fsp3) is 0.188. The van der Waals surface area contributed by atoms with Crippen molar-refractivity contribution in [3.8, 4) is 5.75 Å². The van der Waals surface area contributed by atoms with Crippen molar-refractivity contribution in [3.63, 3.8) is 0 Å². The molecule has 0 saturated carbocycles. The maximum atomic E-state index is 12.4. The van der Waals surface area contributed by atoms with Gasteiger partial charge >= 0.3 is 0 Å². The molecule has 0 aromatic heterocycles. The molecule has 0 aliphatic heterocycles. The minimum atomic E-state index is -0.209. The number of carbonyl (C=O) groups is 1. The number of nitrogens with one attached hydrogen (secondary N) is 1. The van der Waals surface area contributed by atoms with E-state index in [2.05, 4.69) is 5.32 Å². The molecule has 0 fully saturated rings. The number of nitrogen functional groups attached to an aromatic ring is 1. The number of hydrogen-bond acceptors (Lipinski definition) is 3. The van der Waals surface area contributed by atoms with Crippen LogP contribution in [0.3, 0.4) is 0 Å². The lowest BCUT2D eigenvalue weighted by Crippen LogP contribution is -2.14. The van der Waals surface area contributed by atoms with E-state index in [1.807, 2.05) is 32.0 Å². The summed E-state index contributed by atoms with van der Waals surface area (Å²) in [6.45, 7) is 3.81. The van der Waals surface area contributed by atoms with E-state index in [0.717, 1.165) is 11.1 Å². The molecule has 0 unspecified atom stereocenters. The van der Waals surface area contributed by atoms with Gasteiger partial charge in [0.25, 0.3) is 5.91 Å². The highest BCUT2D eigenvalue weighted by molar-refractivity contribution is 6.06. The van der Waals surface area contributed by atoms with Gasteiger partial charge in [-0.25, -0.2) is 0 Å². The summed E-state index contributed by atoms with van der Waals surface area (Å²) in [6.07, 6.45) is 0. The summed E-state index contributed by atoms with van der Waals surface area (Å²) in [6, 6.07) is 10.9. The molecule has 4 heteroatoms. The van der Waals surface area contributed by atoms with Crippen LogP contribution < -0.4 is 15.8 Å². The Bertz CT molecular complexity index is 651. The van der Waals surface area contributed by atoms with E-state index in [1.54, 1.807) is 25.3 Å². The highest BCUT2D eigenvalue weighted by Gasteiger charge is 2.14. The summed E-state index contributed by atoms with van der Waals surface area (Å²) in [7, 11) is 1.55. The van der Waals surface area contributed by atoms with Gasteiger partial charge in [0, 0.05) is 11.4 Å². The summed E-state index contributed by atoms with van der Waals surface area (Å²) in [5.41, 5.74) is 9.56. The van der Waals surface area contributed by atoms with Crippen molar-refractivity contribution in [3.05, 3.63) is 53.1 Å². The largest absolute Gasteiger partial charge is 0.496 e. The van der Waals surface area contributed by atoms with E-state index < -0.39 is 0 Å². The topological polar surface area (TPSA) is 64.3 Å². The van der Waals surface area contributed by atoms with Gasteiger partial charge in [-0.05, 0) is 43.7 Å².